The molecule has 0 atom stereocenters. The lowest BCUT2D eigenvalue weighted by atomic mass is 10.1. The fourth-order valence-corrected chi connectivity index (χ4v) is 2.46. The van der Waals surface area contributed by atoms with E-state index in [9.17, 15) is 0 Å². The highest BCUT2D eigenvalue weighted by atomic mass is 16.3. The molecule has 0 aliphatic rings. The second kappa shape index (κ2) is 11.8. The zero-order valence-corrected chi connectivity index (χ0v) is 13.5. The Morgan fingerprint density at radius 2 is 1.50 bits per heavy atom. The minimum Gasteiger partial charge on any atom is -0.466 e. The van der Waals surface area contributed by atoms with Crippen molar-refractivity contribution in [3.8, 4) is 0 Å². The highest BCUT2D eigenvalue weighted by Crippen LogP contribution is 2.11. The van der Waals surface area contributed by atoms with Crippen molar-refractivity contribution in [1.29, 1.82) is 0 Å². The molecule has 0 amide bonds. The molecule has 0 aliphatic heterocycles. The van der Waals surface area contributed by atoms with Gasteiger partial charge in [0, 0.05) is 6.42 Å². The molecule has 0 unspecified atom stereocenters. The third-order valence-corrected chi connectivity index (χ3v) is 3.73. The number of furan rings is 1. The van der Waals surface area contributed by atoms with Crippen molar-refractivity contribution in [3.63, 3.8) is 0 Å². The lowest BCUT2D eigenvalue weighted by Crippen LogP contribution is -1.81. The summed E-state index contributed by atoms with van der Waals surface area (Å²) in [6.45, 7) is 4.28. The van der Waals surface area contributed by atoms with Crippen molar-refractivity contribution < 1.29 is 4.42 Å². The predicted molar refractivity (Wildman–Crippen MR) is 88.1 cm³/mol. The third kappa shape index (κ3) is 9.01. The van der Waals surface area contributed by atoms with Crippen molar-refractivity contribution >= 4 is 0 Å². The fourth-order valence-electron chi connectivity index (χ4n) is 2.46. The van der Waals surface area contributed by atoms with Gasteiger partial charge in [-0.2, -0.15) is 0 Å². The van der Waals surface area contributed by atoms with Gasteiger partial charge in [0.25, 0.3) is 0 Å². The highest BCUT2D eigenvalue weighted by Gasteiger charge is 1.97. The first kappa shape index (κ1) is 17.1. The quantitative estimate of drug-likeness (QED) is 0.309. The first-order valence-corrected chi connectivity index (χ1v) is 8.53. The van der Waals surface area contributed by atoms with Crippen LogP contribution in [0.15, 0.2) is 28.7 Å². The molecule has 0 radical (unpaired) electrons. The molecule has 0 saturated carbocycles. The molecule has 20 heavy (non-hydrogen) atoms. The molecular weight excluding hydrogens is 244 g/mol. The van der Waals surface area contributed by atoms with Crippen molar-refractivity contribution in [1.82, 2.24) is 0 Å². The number of hydrogen-bond donors (Lipinski definition) is 0. The Kier molecular flexibility index (Phi) is 10.1. The van der Waals surface area contributed by atoms with Gasteiger partial charge in [0.1, 0.15) is 11.5 Å². The molecule has 1 heteroatoms. The molecular formula is C19H32O. The first-order valence-electron chi connectivity index (χ1n) is 8.53. The van der Waals surface area contributed by atoms with E-state index in [2.05, 4.69) is 31.2 Å². The lowest BCUT2D eigenvalue weighted by molar-refractivity contribution is 0.474. The molecule has 1 rings (SSSR count). The van der Waals surface area contributed by atoms with E-state index in [1.807, 2.05) is 6.92 Å². The number of aryl methyl sites for hydroxylation is 2. The fraction of sp³-hybridized carbons (Fsp3) is 0.684. The summed E-state index contributed by atoms with van der Waals surface area (Å²) in [7, 11) is 0. The SMILES string of the molecule is CCCCCCCCC=CCCCCc1ccc(C)o1. The molecule has 1 heterocycles. The van der Waals surface area contributed by atoms with Crippen LogP contribution in [0.5, 0.6) is 0 Å². The normalized spacial score (nSPS) is 11.5. The van der Waals surface area contributed by atoms with Crippen LogP contribution in [-0.4, -0.2) is 0 Å². The van der Waals surface area contributed by atoms with Gasteiger partial charge in [0.2, 0.25) is 0 Å². The number of rotatable bonds is 12. The number of allylic oxidation sites excluding steroid dienone is 2. The van der Waals surface area contributed by atoms with Crippen LogP contribution in [0.1, 0.15) is 82.7 Å². The maximum absolute atomic E-state index is 5.57. The summed E-state index contributed by atoms with van der Waals surface area (Å²) in [6.07, 6.45) is 19.2. The van der Waals surface area contributed by atoms with E-state index in [0.29, 0.717) is 0 Å². The van der Waals surface area contributed by atoms with Gasteiger partial charge < -0.3 is 4.42 Å². The van der Waals surface area contributed by atoms with Crippen LogP contribution in [0.25, 0.3) is 0 Å². The zero-order valence-electron chi connectivity index (χ0n) is 13.5. The molecule has 0 aliphatic carbocycles. The van der Waals surface area contributed by atoms with E-state index < -0.39 is 0 Å². The van der Waals surface area contributed by atoms with Crippen LogP contribution < -0.4 is 0 Å². The van der Waals surface area contributed by atoms with Gasteiger partial charge in [-0.05, 0) is 51.2 Å². The average molecular weight is 276 g/mol. The van der Waals surface area contributed by atoms with Crippen LogP contribution in [0.3, 0.4) is 0 Å². The van der Waals surface area contributed by atoms with Crippen LogP contribution in [0.2, 0.25) is 0 Å². The summed E-state index contributed by atoms with van der Waals surface area (Å²) in [5.41, 5.74) is 0. The Morgan fingerprint density at radius 3 is 2.15 bits per heavy atom. The van der Waals surface area contributed by atoms with Gasteiger partial charge >= 0.3 is 0 Å². The molecule has 0 aromatic carbocycles. The Hall–Kier alpha value is -0.980. The Morgan fingerprint density at radius 1 is 0.850 bits per heavy atom. The van der Waals surface area contributed by atoms with Crippen LogP contribution >= 0.6 is 0 Å². The summed E-state index contributed by atoms with van der Waals surface area (Å²) in [5, 5.41) is 0. The van der Waals surface area contributed by atoms with Crippen LogP contribution in [0.4, 0.5) is 0 Å². The smallest absolute Gasteiger partial charge is 0.104 e. The van der Waals surface area contributed by atoms with E-state index in [1.54, 1.807) is 0 Å². The van der Waals surface area contributed by atoms with Gasteiger partial charge in [0.05, 0.1) is 0 Å². The van der Waals surface area contributed by atoms with Gasteiger partial charge in [-0.15, -0.1) is 0 Å². The summed E-state index contributed by atoms with van der Waals surface area (Å²) in [5.74, 6) is 2.16. The van der Waals surface area contributed by atoms with Crippen molar-refractivity contribution in [3.05, 3.63) is 35.8 Å². The summed E-state index contributed by atoms with van der Waals surface area (Å²) in [6, 6.07) is 4.15. The molecule has 114 valence electrons. The van der Waals surface area contributed by atoms with Crippen molar-refractivity contribution in [2.24, 2.45) is 0 Å². The van der Waals surface area contributed by atoms with Gasteiger partial charge in [-0.1, -0.05) is 51.2 Å². The minimum atomic E-state index is 1.03. The van der Waals surface area contributed by atoms with E-state index in [0.717, 1.165) is 17.9 Å². The van der Waals surface area contributed by atoms with Crippen LogP contribution in [0, 0.1) is 6.92 Å². The van der Waals surface area contributed by atoms with Crippen molar-refractivity contribution in [2.75, 3.05) is 0 Å². The number of hydrogen-bond acceptors (Lipinski definition) is 1. The van der Waals surface area contributed by atoms with E-state index >= 15 is 0 Å². The molecule has 0 N–H and O–H groups in total. The molecule has 1 nitrogen and oxygen atoms in total. The maximum Gasteiger partial charge on any atom is 0.104 e. The molecule has 0 spiro atoms. The largest absolute Gasteiger partial charge is 0.466 e. The summed E-state index contributed by atoms with van der Waals surface area (Å²) in [4.78, 5) is 0. The van der Waals surface area contributed by atoms with Crippen molar-refractivity contribution in [2.45, 2.75) is 84.5 Å². The Bertz CT molecular complexity index is 348. The molecule has 0 saturated heterocycles. The lowest BCUT2D eigenvalue weighted by Gasteiger charge is -1.98. The van der Waals surface area contributed by atoms with E-state index in [4.69, 9.17) is 4.42 Å². The first-order chi connectivity index (χ1) is 9.83. The molecule has 0 bridgehead atoms. The third-order valence-electron chi connectivity index (χ3n) is 3.73. The average Bonchev–Trinajstić information content (AvgIpc) is 2.86. The summed E-state index contributed by atoms with van der Waals surface area (Å²) >= 11 is 0. The highest BCUT2D eigenvalue weighted by molar-refractivity contribution is 5.05. The van der Waals surface area contributed by atoms with Gasteiger partial charge in [-0.25, -0.2) is 0 Å². The summed E-state index contributed by atoms with van der Waals surface area (Å²) < 4.78 is 5.57. The minimum absolute atomic E-state index is 1.03. The van der Waals surface area contributed by atoms with Gasteiger partial charge in [0.15, 0.2) is 0 Å². The molecule has 1 aromatic rings. The van der Waals surface area contributed by atoms with E-state index in [1.165, 1.54) is 64.2 Å². The topological polar surface area (TPSA) is 13.1 Å². The van der Waals surface area contributed by atoms with E-state index in [-0.39, 0.29) is 0 Å². The predicted octanol–water partition coefficient (Wildman–Crippen LogP) is 6.61. The second-order valence-corrected chi connectivity index (χ2v) is 5.79. The van der Waals surface area contributed by atoms with Crippen LogP contribution in [-0.2, 0) is 6.42 Å². The number of unbranched alkanes of at least 4 members (excludes halogenated alkanes) is 8. The Labute approximate surface area is 125 Å². The Balaban J connectivity index is 1.85. The molecule has 1 aromatic heterocycles. The monoisotopic (exact) mass is 276 g/mol. The molecule has 0 fully saturated rings. The zero-order chi connectivity index (χ0) is 14.5. The maximum atomic E-state index is 5.57. The standard InChI is InChI=1S/C19H32O/c1-3-4-5-6-7-8-9-10-11-12-13-14-15-19-17-16-18(2)20-19/h10-11,16-17H,3-9,12-15H2,1-2H3. The second-order valence-electron chi connectivity index (χ2n) is 5.79. The van der Waals surface area contributed by atoms with Gasteiger partial charge in [-0.3, -0.25) is 0 Å².